The van der Waals surface area contributed by atoms with Crippen LogP contribution in [-0.2, 0) is 11.3 Å². The lowest BCUT2D eigenvalue weighted by Crippen LogP contribution is -2.30. The Labute approximate surface area is 105 Å². The second kappa shape index (κ2) is 4.97. The molecule has 1 aromatic carbocycles. The average Bonchev–Trinajstić information content (AvgIpc) is 2.33. The molecule has 0 fully saturated rings. The van der Waals surface area contributed by atoms with Gasteiger partial charge in [0.1, 0.15) is 0 Å². The smallest absolute Gasteiger partial charge is 0.328 e. The lowest BCUT2D eigenvalue weighted by molar-refractivity contribution is -0.131. The summed E-state index contributed by atoms with van der Waals surface area (Å²) in [6.45, 7) is -0.0364. The van der Waals surface area contributed by atoms with E-state index >= 15 is 0 Å². The third-order valence-electron chi connectivity index (χ3n) is 2.33. The summed E-state index contributed by atoms with van der Waals surface area (Å²) in [5, 5.41) is 8.92. The van der Waals surface area contributed by atoms with Gasteiger partial charge in [0.15, 0.2) is 0 Å². The van der Waals surface area contributed by atoms with E-state index in [4.69, 9.17) is 5.11 Å². The van der Waals surface area contributed by atoms with E-state index in [9.17, 15) is 14.4 Å². The summed E-state index contributed by atoms with van der Waals surface area (Å²) >= 11 is 0.967. The minimum atomic E-state index is -1.11. The Morgan fingerprint density at radius 3 is 2.78 bits per heavy atom. The van der Waals surface area contributed by atoms with Gasteiger partial charge < -0.3 is 5.11 Å². The quantitative estimate of drug-likeness (QED) is 0.840. The maximum Gasteiger partial charge on any atom is 0.328 e. The van der Waals surface area contributed by atoms with Crippen LogP contribution in [0.15, 0.2) is 46.0 Å². The molecular weight excluding hydrogens is 254 g/mol. The molecule has 0 radical (unpaired) electrons. The van der Waals surface area contributed by atoms with E-state index in [0.717, 1.165) is 22.0 Å². The highest BCUT2D eigenvalue weighted by Crippen LogP contribution is 2.10. The van der Waals surface area contributed by atoms with Crippen LogP contribution in [0, 0.1) is 0 Å². The van der Waals surface area contributed by atoms with Crippen LogP contribution in [0.2, 0.25) is 0 Å². The van der Waals surface area contributed by atoms with Crippen molar-refractivity contribution in [3.8, 4) is 0 Å². The Kier molecular flexibility index (Phi) is 3.38. The molecule has 18 heavy (non-hydrogen) atoms. The highest BCUT2D eigenvalue weighted by atomic mass is 32.1. The zero-order valence-electron chi connectivity index (χ0n) is 9.20. The van der Waals surface area contributed by atoms with E-state index in [2.05, 4.69) is 0 Å². The molecular formula is C12H9NO4S. The van der Waals surface area contributed by atoms with Crippen molar-refractivity contribution >= 4 is 27.4 Å². The lowest BCUT2D eigenvalue weighted by atomic mass is 10.3. The molecule has 0 unspecified atom stereocenters. The van der Waals surface area contributed by atoms with Gasteiger partial charge in [0.25, 0.3) is 5.56 Å². The normalized spacial score (nSPS) is 11.1. The predicted molar refractivity (Wildman–Crippen MR) is 69.1 cm³/mol. The summed E-state index contributed by atoms with van der Waals surface area (Å²) in [6, 6.07) is 6.83. The fourth-order valence-corrected chi connectivity index (χ4v) is 2.39. The molecule has 2 rings (SSSR count). The summed E-state index contributed by atoms with van der Waals surface area (Å²) in [7, 11) is 0. The molecule has 6 heteroatoms. The third-order valence-corrected chi connectivity index (χ3v) is 3.30. The van der Waals surface area contributed by atoms with Crippen LogP contribution in [0.4, 0.5) is 0 Å². The first kappa shape index (κ1) is 12.3. The molecule has 0 spiro atoms. The number of hydrogen-bond acceptors (Lipinski definition) is 4. The molecule has 0 bridgehead atoms. The van der Waals surface area contributed by atoms with Crippen molar-refractivity contribution in [2.24, 2.45) is 0 Å². The molecule has 92 valence electrons. The molecule has 0 aliphatic rings. The SMILES string of the molecule is O=C(O)/C=C/Cn1c(=O)sc2ccccc2c1=O. The van der Waals surface area contributed by atoms with Crippen LogP contribution in [0.1, 0.15) is 0 Å². The van der Waals surface area contributed by atoms with Gasteiger partial charge in [-0.15, -0.1) is 0 Å². The number of aromatic nitrogens is 1. The van der Waals surface area contributed by atoms with E-state index < -0.39 is 16.4 Å². The largest absolute Gasteiger partial charge is 0.478 e. The van der Waals surface area contributed by atoms with Gasteiger partial charge in [-0.3, -0.25) is 14.2 Å². The number of rotatable bonds is 3. The van der Waals surface area contributed by atoms with Crippen molar-refractivity contribution in [2.45, 2.75) is 6.54 Å². The van der Waals surface area contributed by atoms with Gasteiger partial charge in [0.2, 0.25) is 0 Å². The van der Waals surface area contributed by atoms with Crippen molar-refractivity contribution in [1.29, 1.82) is 0 Å². The first-order valence-electron chi connectivity index (χ1n) is 5.12. The molecule has 2 aromatic rings. The van der Waals surface area contributed by atoms with Gasteiger partial charge in [-0.05, 0) is 12.1 Å². The zero-order chi connectivity index (χ0) is 13.1. The van der Waals surface area contributed by atoms with Crippen molar-refractivity contribution in [1.82, 2.24) is 4.57 Å². The van der Waals surface area contributed by atoms with Gasteiger partial charge in [-0.25, -0.2) is 4.79 Å². The highest BCUT2D eigenvalue weighted by Gasteiger charge is 2.06. The van der Waals surface area contributed by atoms with Gasteiger partial charge in [-0.1, -0.05) is 29.5 Å². The zero-order valence-corrected chi connectivity index (χ0v) is 10.0. The summed E-state index contributed by atoms with van der Waals surface area (Å²) in [5.41, 5.74) is -0.399. The summed E-state index contributed by atoms with van der Waals surface area (Å²) in [5.74, 6) is -1.11. The minimum Gasteiger partial charge on any atom is -0.478 e. The minimum absolute atomic E-state index is 0.0364. The number of carbonyl (C=O) groups is 1. The number of benzene rings is 1. The summed E-state index contributed by atoms with van der Waals surface area (Å²) < 4.78 is 1.65. The molecule has 1 heterocycles. The Morgan fingerprint density at radius 1 is 1.33 bits per heavy atom. The lowest BCUT2D eigenvalue weighted by Gasteiger charge is -2.01. The van der Waals surface area contributed by atoms with Gasteiger partial charge >= 0.3 is 10.8 Å². The predicted octanol–water partition coefficient (Wildman–Crippen LogP) is 1.06. The van der Waals surface area contributed by atoms with Gasteiger partial charge in [0, 0.05) is 17.3 Å². The maximum atomic E-state index is 12.0. The monoisotopic (exact) mass is 263 g/mol. The van der Waals surface area contributed by atoms with Gasteiger partial charge in [0.05, 0.1) is 5.39 Å². The second-order valence-electron chi connectivity index (χ2n) is 3.52. The van der Waals surface area contributed by atoms with Crippen molar-refractivity contribution in [3.05, 3.63) is 56.4 Å². The molecule has 1 aromatic heterocycles. The van der Waals surface area contributed by atoms with E-state index in [0.29, 0.717) is 10.1 Å². The average molecular weight is 263 g/mol. The molecule has 0 atom stereocenters. The standard InChI is InChI=1S/C12H9NO4S/c14-10(15)6-3-7-13-11(16)8-4-1-2-5-9(8)18-12(13)17/h1-6H,7H2,(H,14,15)/b6-3+. The van der Waals surface area contributed by atoms with Crippen LogP contribution < -0.4 is 10.4 Å². The fourth-order valence-electron chi connectivity index (χ4n) is 1.53. The first-order chi connectivity index (χ1) is 8.59. The number of aliphatic carboxylic acids is 1. The molecule has 0 saturated carbocycles. The molecule has 1 N–H and O–H groups in total. The fraction of sp³-hybridized carbons (Fsp3) is 0.0833. The van der Waals surface area contributed by atoms with E-state index in [-0.39, 0.29) is 6.54 Å². The van der Waals surface area contributed by atoms with E-state index in [1.165, 1.54) is 6.08 Å². The van der Waals surface area contributed by atoms with Crippen LogP contribution in [0.5, 0.6) is 0 Å². The number of nitrogens with zero attached hydrogens (tertiary/aromatic N) is 1. The molecule has 5 nitrogen and oxygen atoms in total. The van der Waals surface area contributed by atoms with E-state index in [1.807, 2.05) is 0 Å². The van der Waals surface area contributed by atoms with Crippen LogP contribution in [-0.4, -0.2) is 15.6 Å². The highest BCUT2D eigenvalue weighted by molar-refractivity contribution is 7.16. The Balaban J connectivity index is 2.55. The molecule has 0 saturated heterocycles. The Hall–Kier alpha value is -2.21. The number of allylic oxidation sites excluding steroid dienone is 1. The second-order valence-corrected chi connectivity index (χ2v) is 4.51. The maximum absolute atomic E-state index is 12.0. The van der Waals surface area contributed by atoms with Crippen molar-refractivity contribution in [3.63, 3.8) is 0 Å². The van der Waals surface area contributed by atoms with E-state index in [1.54, 1.807) is 24.3 Å². The summed E-state index contributed by atoms with van der Waals surface area (Å²) in [6.07, 6.45) is 2.18. The molecule has 0 aliphatic carbocycles. The Morgan fingerprint density at radius 2 is 2.06 bits per heavy atom. The molecule has 0 aliphatic heterocycles. The summed E-state index contributed by atoms with van der Waals surface area (Å²) in [4.78, 5) is 33.7. The Bertz CT molecular complexity index is 742. The topological polar surface area (TPSA) is 76.4 Å². The van der Waals surface area contributed by atoms with Crippen LogP contribution in [0.3, 0.4) is 0 Å². The number of hydrogen-bond donors (Lipinski definition) is 1. The van der Waals surface area contributed by atoms with Gasteiger partial charge in [-0.2, -0.15) is 0 Å². The van der Waals surface area contributed by atoms with Crippen molar-refractivity contribution in [2.75, 3.05) is 0 Å². The van der Waals surface area contributed by atoms with Crippen LogP contribution >= 0.6 is 11.3 Å². The number of carboxylic acids is 1. The molecule has 0 amide bonds. The third kappa shape index (κ3) is 2.38. The first-order valence-corrected chi connectivity index (χ1v) is 5.93. The number of carboxylic acid groups (broad SMARTS) is 1. The van der Waals surface area contributed by atoms with Crippen molar-refractivity contribution < 1.29 is 9.90 Å². The van der Waals surface area contributed by atoms with Crippen LogP contribution in [0.25, 0.3) is 10.1 Å². The number of fused-ring (bicyclic) bond motifs is 1.